The van der Waals surface area contributed by atoms with Crippen LogP contribution in [-0.2, 0) is 10.1 Å². The first-order chi connectivity index (χ1) is 6.48. The Labute approximate surface area is 130 Å². The third-order valence-electron chi connectivity index (χ3n) is 1.94. The van der Waals surface area contributed by atoms with Gasteiger partial charge in [-0.05, 0) is 18.6 Å². The maximum absolute atomic E-state index is 10.8. The van der Waals surface area contributed by atoms with Gasteiger partial charge in [0.1, 0.15) is 10.1 Å². The molecule has 0 amide bonds. The summed E-state index contributed by atoms with van der Waals surface area (Å²) < 4.78 is 42.4. The van der Waals surface area contributed by atoms with Gasteiger partial charge in [0.15, 0.2) is 11.5 Å². The molecule has 2 rings (SSSR count). The zero-order valence-electron chi connectivity index (χ0n) is 8.31. The third-order valence-corrected chi connectivity index (χ3v) is 2.92. The molecule has 1 aliphatic heterocycles. The Bertz CT molecular complexity index is 482. The fourth-order valence-electron chi connectivity index (χ4n) is 1.29. The second kappa shape index (κ2) is 4.70. The van der Waals surface area contributed by atoms with Crippen LogP contribution in [0.1, 0.15) is 5.56 Å². The van der Waals surface area contributed by atoms with E-state index >= 15 is 0 Å². The van der Waals surface area contributed by atoms with Crippen LogP contribution in [0.3, 0.4) is 0 Å². The van der Waals surface area contributed by atoms with Crippen molar-refractivity contribution in [2.24, 2.45) is 0 Å². The molecule has 0 bridgehead atoms. The Morgan fingerprint density at radius 1 is 1.27 bits per heavy atom. The number of aryl methyl sites for hydroxylation is 1. The van der Waals surface area contributed by atoms with Crippen LogP contribution in [0.15, 0.2) is 17.0 Å². The normalized spacial score (nSPS) is 13.5. The first-order valence-corrected chi connectivity index (χ1v) is 5.25. The average molecular weight is 254 g/mol. The van der Waals surface area contributed by atoms with Crippen LogP contribution in [0, 0.1) is 6.92 Å². The van der Waals surface area contributed by atoms with E-state index in [0.717, 1.165) is 0 Å². The molecule has 5 nitrogen and oxygen atoms in total. The minimum absolute atomic E-state index is 0. The second-order valence-corrected chi connectivity index (χ2v) is 4.27. The summed E-state index contributed by atoms with van der Waals surface area (Å²) in [5, 5.41) is 0. The molecule has 1 aliphatic rings. The molecule has 0 N–H and O–H groups in total. The molecule has 0 fully saturated rings. The van der Waals surface area contributed by atoms with Crippen LogP contribution >= 0.6 is 0 Å². The fourth-order valence-corrected chi connectivity index (χ4v) is 2.00. The van der Waals surface area contributed by atoms with E-state index in [1.807, 2.05) is 0 Å². The van der Waals surface area contributed by atoms with Crippen molar-refractivity contribution in [3.05, 3.63) is 17.7 Å². The van der Waals surface area contributed by atoms with Crippen molar-refractivity contribution < 1.29 is 73.8 Å². The zero-order valence-corrected chi connectivity index (χ0v) is 12.3. The van der Waals surface area contributed by atoms with Gasteiger partial charge in [0.25, 0.3) is 0 Å². The smallest absolute Gasteiger partial charge is 0.744 e. The van der Waals surface area contributed by atoms with E-state index in [1.165, 1.54) is 19.1 Å². The molecule has 1 heterocycles. The molecule has 76 valence electrons. The van der Waals surface area contributed by atoms with Crippen molar-refractivity contribution >= 4 is 10.1 Å². The number of rotatable bonds is 1. The Morgan fingerprint density at radius 3 is 2.33 bits per heavy atom. The van der Waals surface area contributed by atoms with Crippen molar-refractivity contribution in [1.82, 2.24) is 0 Å². The maximum Gasteiger partial charge on any atom is 1.00 e. The van der Waals surface area contributed by atoms with Crippen LogP contribution in [0.25, 0.3) is 0 Å². The standard InChI is InChI=1S/C8H8O5S.K/c1-5-2-6-7(13-4-12-6)3-8(5)14(9,10)11;/h2-3H,4H2,1H3,(H,9,10,11);/q;+1/p-1. The van der Waals surface area contributed by atoms with Crippen LogP contribution in [-0.4, -0.2) is 19.8 Å². The molecule has 0 saturated heterocycles. The molecule has 1 aromatic carbocycles. The van der Waals surface area contributed by atoms with E-state index < -0.39 is 10.1 Å². The van der Waals surface area contributed by atoms with Gasteiger partial charge >= 0.3 is 51.4 Å². The van der Waals surface area contributed by atoms with Gasteiger partial charge in [-0.1, -0.05) is 0 Å². The number of ether oxygens (including phenoxy) is 2. The largest absolute Gasteiger partial charge is 1.00 e. The molecule has 0 aliphatic carbocycles. The second-order valence-electron chi connectivity index (χ2n) is 2.93. The summed E-state index contributed by atoms with van der Waals surface area (Å²) in [5.41, 5.74) is 0.365. The van der Waals surface area contributed by atoms with E-state index in [4.69, 9.17) is 9.47 Å². The van der Waals surface area contributed by atoms with Crippen molar-refractivity contribution in [3.63, 3.8) is 0 Å². The number of benzene rings is 1. The van der Waals surface area contributed by atoms with Crippen molar-refractivity contribution in [3.8, 4) is 11.5 Å². The van der Waals surface area contributed by atoms with Gasteiger partial charge in [0, 0.05) is 6.07 Å². The van der Waals surface area contributed by atoms with Crippen molar-refractivity contribution in [2.75, 3.05) is 6.79 Å². The Morgan fingerprint density at radius 2 is 1.80 bits per heavy atom. The maximum atomic E-state index is 10.8. The van der Waals surface area contributed by atoms with E-state index in [9.17, 15) is 13.0 Å². The predicted octanol–water partition coefficient (Wildman–Crippen LogP) is -2.37. The average Bonchev–Trinajstić information content (AvgIpc) is 2.47. The molecule has 1 aromatic rings. The Balaban J connectivity index is 0.00000112. The van der Waals surface area contributed by atoms with Gasteiger partial charge in [-0.15, -0.1) is 0 Å². The van der Waals surface area contributed by atoms with E-state index in [1.54, 1.807) is 0 Å². The predicted molar refractivity (Wildman–Crippen MR) is 45.3 cm³/mol. The molecule has 0 radical (unpaired) electrons. The molecular formula is C8H7KO5S. The SMILES string of the molecule is Cc1cc2c(cc1S(=O)(=O)[O-])OCO2.[K+]. The summed E-state index contributed by atoms with van der Waals surface area (Å²) in [4.78, 5) is -0.262. The summed E-state index contributed by atoms with van der Waals surface area (Å²) in [7, 11) is -4.44. The third kappa shape index (κ3) is 2.73. The summed E-state index contributed by atoms with van der Waals surface area (Å²) in [6.45, 7) is 1.59. The Hall–Kier alpha value is 0.366. The van der Waals surface area contributed by atoms with Crippen molar-refractivity contribution in [1.29, 1.82) is 0 Å². The van der Waals surface area contributed by atoms with Crippen LogP contribution in [0.2, 0.25) is 0 Å². The summed E-state index contributed by atoms with van der Waals surface area (Å²) in [5.74, 6) is 0.764. The Kier molecular flexibility index (Phi) is 4.21. The van der Waals surface area contributed by atoms with Gasteiger partial charge < -0.3 is 14.0 Å². The van der Waals surface area contributed by atoms with Gasteiger partial charge in [0.05, 0.1) is 4.90 Å². The zero-order chi connectivity index (χ0) is 10.3. The molecule has 0 aromatic heterocycles. The minimum Gasteiger partial charge on any atom is -0.744 e. The van der Waals surface area contributed by atoms with E-state index in [-0.39, 0.29) is 63.1 Å². The fraction of sp³-hybridized carbons (Fsp3) is 0.250. The molecule has 0 saturated carbocycles. The monoisotopic (exact) mass is 254 g/mol. The van der Waals surface area contributed by atoms with Gasteiger partial charge in [-0.25, -0.2) is 8.42 Å². The van der Waals surface area contributed by atoms with E-state index in [2.05, 4.69) is 0 Å². The van der Waals surface area contributed by atoms with Crippen molar-refractivity contribution in [2.45, 2.75) is 11.8 Å². The van der Waals surface area contributed by atoms with Crippen LogP contribution < -0.4 is 60.9 Å². The first kappa shape index (κ1) is 13.4. The first-order valence-electron chi connectivity index (χ1n) is 3.84. The quantitative estimate of drug-likeness (QED) is 0.414. The molecule has 0 spiro atoms. The van der Waals surface area contributed by atoms with Crippen LogP contribution in [0.4, 0.5) is 0 Å². The van der Waals surface area contributed by atoms with Gasteiger partial charge in [-0.2, -0.15) is 0 Å². The molecule has 0 unspecified atom stereocenters. The van der Waals surface area contributed by atoms with Gasteiger partial charge in [-0.3, -0.25) is 0 Å². The van der Waals surface area contributed by atoms with Gasteiger partial charge in [0.2, 0.25) is 6.79 Å². The molecule has 15 heavy (non-hydrogen) atoms. The minimum atomic E-state index is -4.44. The number of fused-ring (bicyclic) bond motifs is 1. The van der Waals surface area contributed by atoms with E-state index in [0.29, 0.717) is 17.1 Å². The van der Waals surface area contributed by atoms with Crippen LogP contribution in [0.5, 0.6) is 11.5 Å². The number of hydrogen-bond acceptors (Lipinski definition) is 5. The summed E-state index contributed by atoms with van der Waals surface area (Å²) >= 11 is 0. The molecular weight excluding hydrogens is 247 g/mol. The molecule has 7 heteroatoms. The topological polar surface area (TPSA) is 75.7 Å². The summed E-state index contributed by atoms with van der Waals surface area (Å²) in [6.07, 6.45) is 0. The summed E-state index contributed by atoms with van der Waals surface area (Å²) in [6, 6.07) is 2.67. The number of hydrogen-bond donors (Lipinski definition) is 0. The molecule has 0 atom stereocenters.